The van der Waals surface area contributed by atoms with Gasteiger partial charge in [-0.2, -0.15) is 0 Å². The third kappa shape index (κ3) is 6.89. The van der Waals surface area contributed by atoms with Crippen LogP contribution in [0.4, 0.5) is 0 Å². The molecule has 1 aromatic heterocycles. The molecule has 0 saturated heterocycles. The lowest BCUT2D eigenvalue weighted by atomic mass is 9.99. The van der Waals surface area contributed by atoms with Crippen molar-refractivity contribution in [3.8, 4) is 0 Å². The van der Waals surface area contributed by atoms with E-state index in [0.29, 0.717) is 12.5 Å². The number of hydrogen-bond acceptors (Lipinski definition) is 4. The van der Waals surface area contributed by atoms with E-state index in [1.807, 2.05) is 0 Å². The van der Waals surface area contributed by atoms with Gasteiger partial charge in [0.25, 0.3) is 0 Å². The minimum Gasteiger partial charge on any atom is -0.359 e. The minimum absolute atomic E-state index is 0.465. The van der Waals surface area contributed by atoms with Gasteiger partial charge < -0.3 is 15.2 Å². The Hall–Kier alpha value is -2.34. The lowest BCUT2D eigenvalue weighted by Gasteiger charge is -2.20. The molecule has 0 aliphatic heterocycles. The second-order valence-electron chi connectivity index (χ2n) is 7.24. The molecular weight excluding hydrogens is 362 g/mol. The molecule has 29 heavy (non-hydrogen) atoms. The molecule has 0 fully saturated rings. The molecule has 2 aromatic rings. The van der Waals surface area contributed by atoms with Crippen molar-refractivity contribution in [3.05, 3.63) is 52.9 Å². The average molecular weight is 400 g/mol. The Labute approximate surface area is 175 Å². The van der Waals surface area contributed by atoms with Gasteiger partial charge in [0.15, 0.2) is 11.7 Å². The first-order valence-electron chi connectivity index (χ1n) is 10.8. The number of nitrogens with one attached hydrogen (secondary N) is 2. The van der Waals surface area contributed by atoms with Crippen LogP contribution in [0.1, 0.15) is 69.0 Å². The molecule has 0 bridgehead atoms. The molecule has 6 nitrogen and oxygen atoms in total. The first-order valence-corrected chi connectivity index (χ1v) is 10.8. The second-order valence-corrected chi connectivity index (χ2v) is 7.24. The summed E-state index contributed by atoms with van der Waals surface area (Å²) in [5, 5.41) is 11.0. The maximum absolute atomic E-state index is 5.49. The Bertz CT molecular complexity index is 747. The Balaban J connectivity index is 1.92. The van der Waals surface area contributed by atoms with Crippen LogP contribution in [0.2, 0.25) is 0 Å². The zero-order valence-electron chi connectivity index (χ0n) is 18.7. The Morgan fingerprint density at radius 2 is 1.69 bits per heavy atom. The highest BCUT2D eigenvalue weighted by molar-refractivity contribution is 5.79. The maximum atomic E-state index is 5.49. The van der Waals surface area contributed by atoms with Gasteiger partial charge in [0, 0.05) is 32.1 Å². The first kappa shape index (κ1) is 22.9. The summed E-state index contributed by atoms with van der Waals surface area (Å²) in [4.78, 5) is 6.76. The number of nitrogens with zero attached hydrogens (tertiary/aromatic N) is 3. The summed E-state index contributed by atoms with van der Waals surface area (Å²) in [7, 11) is 1.78. The highest BCUT2D eigenvalue weighted by Crippen LogP contribution is 2.22. The van der Waals surface area contributed by atoms with Crippen LogP contribution in [-0.2, 0) is 19.6 Å². The van der Waals surface area contributed by atoms with Crippen LogP contribution in [0.25, 0.3) is 0 Å². The van der Waals surface area contributed by atoms with Gasteiger partial charge in [0.05, 0.1) is 12.2 Å². The molecule has 160 valence electrons. The number of guanidine groups is 1. The molecule has 2 N–H and O–H groups in total. The number of aromatic nitrogens is 1. The standard InChI is InChI=1S/C23H37N5O/c1-6-18(7-2)22-14-21(29-27-22)16-26-23(24-5)25-15-19-12-10-11-13-20(19)17-28(8-3)9-4/h10-14,18H,6-9,15-17H2,1-5H3,(H2,24,25,26). The normalized spacial score (nSPS) is 12.0. The summed E-state index contributed by atoms with van der Waals surface area (Å²) in [5.74, 6) is 2.05. The highest BCUT2D eigenvalue weighted by atomic mass is 16.5. The third-order valence-corrected chi connectivity index (χ3v) is 5.49. The van der Waals surface area contributed by atoms with Crippen LogP contribution in [-0.4, -0.2) is 36.2 Å². The molecule has 0 spiro atoms. The zero-order chi connectivity index (χ0) is 21.1. The Morgan fingerprint density at radius 1 is 1.03 bits per heavy atom. The van der Waals surface area contributed by atoms with Crippen LogP contribution in [0, 0.1) is 0 Å². The van der Waals surface area contributed by atoms with Crippen LogP contribution in [0.3, 0.4) is 0 Å². The highest BCUT2D eigenvalue weighted by Gasteiger charge is 2.13. The summed E-state index contributed by atoms with van der Waals surface area (Å²) < 4.78 is 5.49. The van der Waals surface area contributed by atoms with E-state index in [1.165, 1.54) is 11.1 Å². The smallest absolute Gasteiger partial charge is 0.191 e. The van der Waals surface area contributed by atoms with E-state index >= 15 is 0 Å². The molecule has 0 unspecified atom stereocenters. The molecule has 1 aromatic carbocycles. The number of benzene rings is 1. The van der Waals surface area contributed by atoms with Crippen LogP contribution >= 0.6 is 0 Å². The van der Waals surface area contributed by atoms with Crippen molar-refractivity contribution in [1.29, 1.82) is 0 Å². The van der Waals surface area contributed by atoms with E-state index in [2.05, 4.69) is 83.7 Å². The van der Waals surface area contributed by atoms with Crippen LogP contribution < -0.4 is 10.6 Å². The predicted molar refractivity (Wildman–Crippen MR) is 120 cm³/mol. The minimum atomic E-state index is 0.465. The largest absolute Gasteiger partial charge is 0.359 e. The topological polar surface area (TPSA) is 65.7 Å². The second kappa shape index (κ2) is 12.3. The van der Waals surface area contributed by atoms with E-state index in [9.17, 15) is 0 Å². The summed E-state index contributed by atoms with van der Waals surface area (Å²) >= 11 is 0. The van der Waals surface area contributed by atoms with Crippen LogP contribution in [0.15, 0.2) is 39.8 Å². The molecule has 0 saturated carbocycles. The van der Waals surface area contributed by atoms with Gasteiger partial charge in [-0.25, -0.2) is 0 Å². The third-order valence-electron chi connectivity index (χ3n) is 5.49. The summed E-state index contributed by atoms with van der Waals surface area (Å²) in [5.41, 5.74) is 3.68. The molecule has 0 radical (unpaired) electrons. The average Bonchev–Trinajstić information content (AvgIpc) is 3.22. The van der Waals surface area contributed by atoms with Gasteiger partial charge in [0.1, 0.15) is 0 Å². The SMILES string of the molecule is CCC(CC)c1cc(CNC(=NC)NCc2ccccc2CN(CC)CC)on1. The van der Waals surface area contributed by atoms with Crippen molar-refractivity contribution in [3.63, 3.8) is 0 Å². The van der Waals surface area contributed by atoms with Gasteiger partial charge in [-0.15, -0.1) is 0 Å². The zero-order valence-corrected chi connectivity index (χ0v) is 18.7. The van der Waals surface area contributed by atoms with Crippen molar-refractivity contribution in [2.75, 3.05) is 20.1 Å². The van der Waals surface area contributed by atoms with Crippen molar-refractivity contribution in [2.45, 2.75) is 66.1 Å². The number of aliphatic imine (C=N–C) groups is 1. The molecule has 0 atom stereocenters. The van der Waals surface area contributed by atoms with Gasteiger partial charge in [0.2, 0.25) is 0 Å². The molecule has 6 heteroatoms. The van der Waals surface area contributed by atoms with E-state index in [4.69, 9.17) is 4.52 Å². The Morgan fingerprint density at radius 3 is 2.31 bits per heavy atom. The molecular formula is C23H37N5O. The van der Waals surface area contributed by atoms with E-state index < -0.39 is 0 Å². The number of hydrogen-bond donors (Lipinski definition) is 2. The molecule has 2 rings (SSSR count). The summed E-state index contributed by atoms with van der Waals surface area (Å²) in [6.07, 6.45) is 2.15. The Kier molecular flexibility index (Phi) is 9.71. The van der Waals surface area contributed by atoms with E-state index in [0.717, 1.165) is 56.4 Å². The van der Waals surface area contributed by atoms with Crippen molar-refractivity contribution >= 4 is 5.96 Å². The quantitative estimate of drug-likeness (QED) is 0.436. The number of rotatable bonds is 11. The maximum Gasteiger partial charge on any atom is 0.191 e. The fourth-order valence-corrected chi connectivity index (χ4v) is 3.45. The van der Waals surface area contributed by atoms with Gasteiger partial charge in [-0.3, -0.25) is 9.89 Å². The molecule has 0 aliphatic rings. The van der Waals surface area contributed by atoms with Gasteiger partial charge in [-0.1, -0.05) is 57.1 Å². The van der Waals surface area contributed by atoms with E-state index in [-0.39, 0.29) is 0 Å². The monoisotopic (exact) mass is 399 g/mol. The molecule has 0 aliphatic carbocycles. The predicted octanol–water partition coefficient (Wildman–Crippen LogP) is 4.29. The molecule has 0 amide bonds. The van der Waals surface area contributed by atoms with Crippen molar-refractivity contribution in [1.82, 2.24) is 20.7 Å². The molecule has 1 heterocycles. The fourth-order valence-electron chi connectivity index (χ4n) is 3.45. The summed E-state index contributed by atoms with van der Waals surface area (Å²) in [6.45, 7) is 13.1. The lowest BCUT2D eigenvalue weighted by Crippen LogP contribution is -2.36. The van der Waals surface area contributed by atoms with E-state index in [1.54, 1.807) is 7.05 Å². The van der Waals surface area contributed by atoms with Crippen LogP contribution in [0.5, 0.6) is 0 Å². The summed E-state index contributed by atoms with van der Waals surface area (Å²) in [6, 6.07) is 10.6. The first-order chi connectivity index (χ1) is 14.1. The van der Waals surface area contributed by atoms with Crippen molar-refractivity contribution < 1.29 is 4.52 Å². The van der Waals surface area contributed by atoms with Gasteiger partial charge in [-0.05, 0) is 37.1 Å². The lowest BCUT2D eigenvalue weighted by molar-refractivity contribution is 0.295. The fraction of sp³-hybridized carbons (Fsp3) is 0.565. The van der Waals surface area contributed by atoms with Crippen molar-refractivity contribution in [2.24, 2.45) is 4.99 Å². The van der Waals surface area contributed by atoms with Gasteiger partial charge >= 0.3 is 0 Å².